The van der Waals surface area contributed by atoms with Crippen LogP contribution in [0.5, 0.6) is 11.5 Å². The molecule has 4 aliphatic heterocycles. The van der Waals surface area contributed by atoms with E-state index in [1.54, 1.807) is 12.1 Å². The van der Waals surface area contributed by atoms with Crippen LogP contribution in [-0.2, 0) is 29.3 Å². The Balaban J connectivity index is 1.06. The second-order valence-corrected chi connectivity index (χ2v) is 13.7. The molecule has 0 radical (unpaired) electrons. The third kappa shape index (κ3) is 6.99. The Morgan fingerprint density at radius 3 is 2.18 bits per heavy atom. The third-order valence-electron chi connectivity index (χ3n) is 10.1. The highest BCUT2D eigenvalue weighted by Gasteiger charge is 2.54. The van der Waals surface area contributed by atoms with Gasteiger partial charge >= 0.3 is 11.9 Å². The van der Waals surface area contributed by atoms with Crippen LogP contribution >= 0.6 is 11.6 Å². The molecule has 11 nitrogen and oxygen atoms in total. The molecule has 51 heavy (non-hydrogen) atoms. The highest BCUT2D eigenvalue weighted by molar-refractivity contribution is 6.17. The number of carbonyl (C=O) groups is 3. The van der Waals surface area contributed by atoms with E-state index in [2.05, 4.69) is 15.1 Å². The minimum atomic E-state index is -1.26. The van der Waals surface area contributed by atoms with Gasteiger partial charge in [0.25, 0.3) is 5.91 Å². The SMILES string of the molecule is COC(=O)C1CN(c2ccc3c(c2)Oc2cc(N4CCC4)ccc2C32OC(=O)c3cc(C(=O)NCCOCCOCCCCCCCl)ccc32)C1. The van der Waals surface area contributed by atoms with Crippen molar-refractivity contribution in [3.05, 3.63) is 82.4 Å². The standard InChI is InChI=1S/C39H44ClN3O8/c1-47-37(45)27-24-43(25-27)29-9-12-33-35(23-29)50-34-22-28(42-15-6-16-42)8-11-32(34)39(33)31-10-7-26(21-30(31)38(46)51-39)36(44)41-14-18-49-20-19-48-17-5-3-2-4-13-40/h7-12,21-23,27H,2-6,13-20,24-25H2,1H3,(H,41,44). The first-order valence-electron chi connectivity index (χ1n) is 17.8. The summed E-state index contributed by atoms with van der Waals surface area (Å²) in [6, 6.07) is 17.0. The molecule has 0 aliphatic carbocycles. The van der Waals surface area contributed by atoms with Gasteiger partial charge < -0.3 is 38.8 Å². The van der Waals surface area contributed by atoms with Gasteiger partial charge in [0.1, 0.15) is 11.5 Å². The van der Waals surface area contributed by atoms with Crippen LogP contribution in [0.25, 0.3) is 0 Å². The van der Waals surface area contributed by atoms with Crippen LogP contribution < -0.4 is 19.9 Å². The molecule has 7 rings (SSSR count). The number of nitrogens with zero attached hydrogens (tertiary/aromatic N) is 2. The van der Waals surface area contributed by atoms with Crippen LogP contribution in [-0.4, -0.2) is 90.0 Å². The van der Waals surface area contributed by atoms with E-state index in [0.717, 1.165) is 62.1 Å². The van der Waals surface area contributed by atoms with Gasteiger partial charge in [-0.2, -0.15) is 0 Å². The van der Waals surface area contributed by atoms with Crippen LogP contribution in [0.3, 0.4) is 0 Å². The molecule has 1 amide bonds. The number of carbonyl (C=O) groups excluding carboxylic acids is 3. The highest BCUT2D eigenvalue weighted by atomic mass is 35.5. The number of esters is 2. The molecule has 2 fully saturated rings. The number of unbranched alkanes of at least 4 members (excludes halogenated alkanes) is 3. The topological polar surface area (TPSA) is 116 Å². The van der Waals surface area contributed by atoms with Gasteiger partial charge in [-0.15, -0.1) is 11.6 Å². The van der Waals surface area contributed by atoms with E-state index in [0.29, 0.717) is 85.7 Å². The monoisotopic (exact) mass is 717 g/mol. The van der Waals surface area contributed by atoms with E-state index in [1.165, 1.54) is 7.11 Å². The number of fused-ring (bicyclic) bond motifs is 6. The maximum absolute atomic E-state index is 13.7. The molecule has 3 aromatic carbocycles. The molecule has 3 aromatic rings. The number of nitrogens with one attached hydrogen (secondary N) is 1. The van der Waals surface area contributed by atoms with Crippen molar-refractivity contribution >= 4 is 40.8 Å². The number of amides is 1. The number of alkyl halides is 1. The van der Waals surface area contributed by atoms with Gasteiger partial charge in [0.15, 0.2) is 5.60 Å². The molecule has 1 spiro atoms. The summed E-state index contributed by atoms with van der Waals surface area (Å²) >= 11 is 5.70. The Morgan fingerprint density at radius 2 is 1.51 bits per heavy atom. The first-order valence-corrected chi connectivity index (χ1v) is 18.4. The number of benzene rings is 3. The molecule has 1 atom stereocenters. The lowest BCUT2D eigenvalue weighted by atomic mass is 9.77. The van der Waals surface area contributed by atoms with Crippen molar-refractivity contribution < 1.29 is 38.1 Å². The van der Waals surface area contributed by atoms with Crippen LogP contribution in [0.1, 0.15) is 69.5 Å². The molecule has 1 unspecified atom stereocenters. The van der Waals surface area contributed by atoms with E-state index in [1.807, 2.05) is 42.5 Å². The first kappa shape index (κ1) is 35.1. The first-order chi connectivity index (χ1) is 24.9. The van der Waals surface area contributed by atoms with E-state index in [-0.39, 0.29) is 17.8 Å². The lowest BCUT2D eigenvalue weighted by Gasteiger charge is -2.41. The second kappa shape index (κ2) is 15.5. The second-order valence-electron chi connectivity index (χ2n) is 13.3. The Hall–Kier alpha value is -4.32. The molecule has 2 saturated heterocycles. The lowest BCUT2D eigenvalue weighted by Crippen LogP contribution is -2.50. The van der Waals surface area contributed by atoms with Crippen molar-refractivity contribution in [3.63, 3.8) is 0 Å². The predicted octanol–water partition coefficient (Wildman–Crippen LogP) is 5.64. The molecule has 0 aromatic heterocycles. The van der Waals surface area contributed by atoms with Crippen molar-refractivity contribution in [1.29, 1.82) is 0 Å². The average molecular weight is 718 g/mol. The normalized spacial score (nSPS) is 18.6. The van der Waals surface area contributed by atoms with E-state index in [9.17, 15) is 14.4 Å². The zero-order valence-electron chi connectivity index (χ0n) is 28.9. The third-order valence-corrected chi connectivity index (χ3v) is 10.4. The molecule has 0 bridgehead atoms. The summed E-state index contributed by atoms with van der Waals surface area (Å²) in [5.74, 6) is 0.663. The quantitative estimate of drug-likeness (QED) is 0.114. The maximum atomic E-state index is 13.7. The molecule has 270 valence electrons. The summed E-state index contributed by atoms with van der Waals surface area (Å²) in [7, 11) is 1.40. The van der Waals surface area contributed by atoms with Crippen LogP contribution in [0.2, 0.25) is 0 Å². The zero-order valence-corrected chi connectivity index (χ0v) is 29.7. The number of ether oxygens (including phenoxy) is 5. The van der Waals surface area contributed by atoms with Crippen molar-refractivity contribution in [2.75, 3.05) is 81.9 Å². The van der Waals surface area contributed by atoms with Gasteiger partial charge in [-0.25, -0.2) is 4.79 Å². The summed E-state index contributed by atoms with van der Waals surface area (Å²) < 4.78 is 29.1. The Morgan fingerprint density at radius 1 is 0.843 bits per heavy atom. The van der Waals surface area contributed by atoms with Gasteiger partial charge in [0.05, 0.1) is 38.4 Å². The average Bonchev–Trinajstić information content (AvgIpc) is 3.38. The molecule has 12 heteroatoms. The van der Waals surface area contributed by atoms with Crippen LogP contribution in [0.4, 0.5) is 11.4 Å². The molecule has 4 aliphatic rings. The summed E-state index contributed by atoms with van der Waals surface area (Å²) in [6.45, 7) is 5.36. The number of hydrogen-bond donors (Lipinski definition) is 1. The van der Waals surface area contributed by atoms with Gasteiger partial charge in [0.2, 0.25) is 0 Å². The number of anilines is 2. The van der Waals surface area contributed by atoms with Crippen molar-refractivity contribution in [2.24, 2.45) is 5.92 Å². The fourth-order valence-electron chi connectivity index (χ4n) is 7.13. The highest BCUT2D eigenvalue weighted by Crippen LogP contribution is 2.57. The molecule has 1 N–H and O–H groups in total. The predicted molar refractivity (Wildman–Crippen MR) is 192 cm³/mol. The summed E-state index contributed by atoms with van der Waals surface area (Å²) in [4.78, 5) is 43.2. The number of methoxy groups -OCH3 is 1. The molecule has 0 saturated carbocycles. The zero-order chi connectivity index (χ0) is 35.4. The molecular weight excluding hydrogens is 674 g/mol. The Labute approximate surface area is 303 Å². The molecule has 4 heterocycles. The van der Waals surface area contributed by atoms with Gasteiger partial charge in [0, 0.05) is 91.0 Å². The van der Waals surface area contributed by atoms with E-state index in [4.69, 9.17) is 35.3 Å². The Bertz CT molecular complexity index is 1780. The smallest absolute Gasteiger partial charge is 0.340 e. The summed E-state index contributed by atoms with van der Waals surface area (Å²) in [6.07, 6.45) is 5.41. The van der Waals surface area contributed by atoms with Gasteiger partial charge in [-0.1, -0.05) is 18.9 Å². The van der Waals surface area contributed by atoms with E-state index >= 15 is 0 Å². The minimum Gasteiger partial charge on any atom is -0.469 e. The summed E-state index contributed by atoms with van der Waals surface area (Å²) in [5.41, 5.74) is 3.42. The Kier molecular flexibility index (Phi) is 10.7. The van der Waals surface area contributed by atoms with Crippen LogP contribution in [0, 0.1) is 5.92 Å². The lowest BCUT2D eigenvalue weighted by molar-refractivity contribution is -0.146. The number of hydrogen-bond acceptors (Lipinski definition) is 10. The number of halogens is 1. The van der Waals surface area contributed by atoms with Crippen molar-refractivity contribution in [3.8, 4) is 11.5 Å². The maximum Gasteiger partial charge on any atom is 0.340 e. The fourth-order valence-corrected chi connectivity index (χ4v) is 7.32. The minimum absolute atomic E-state index is 0.175. The van der Waals surface area contributed by atoms with Gasteiger partial charge in [-0.3, -0.25) is 9.59 Å². The van der Waals surface area contributed by atoms with Crippen LogP contribution in [0.15, 0.2) is 54.6 Å². The molecular formula is C39H44ClN3O8. The van der Waals surface area contributed by atoms with Gasteiger partial charge in [-0.05, 0) is 55.7 Å². The van der Waals surface area contributed by atoms with E-state index < -0.39 is 11.6 Å². The van der Waals surface area contributed by atoms with Crippen molar-refractivity contribution in [2.45, 2.75) is 37.7 Å². The summed E-state index contributed by atoms with van der Waals surface area (Å²) in [5, 5.41) is 2.88. The fraction of sp³-hybridized carbons (Fsp3) is 0.462. The van der Waals surface area contributed by atoms with Crippen molar-refractivity contribution in [1.82, 2.24) is 5.32 Å². The number of rotatable bonds is 16. The largest absolute Gasteiger partial charge is 0.469 e.